The number of carbonyl (C=O) groups excluding carboxylic acids is 2. The molecule has 5 N–H and O–H groups in total. The largest absolute Gasteiger partial charge is 0.399 e. The van der Waals surface area contributed by atoms with Crippen molar-refractivity contribution in [2.75, 3.05) is 22.5 Å². The first-order chi connectivity index (χ1) is 13.4. The van der Waals surface area contributed by atoms with E-state index in [0.717, 1.165) is 5.56 Å². The van der Waals surface area contributed by atoms with Crippen molar-refractivity contribution >= 4 is 34.5 Å². The number of ketones is 1. The number of anilines is 3. The smallest absolute Gasteiger partial charge is 0.275 e. The lowest BCUT2D eigenvalue weighted by molar-refractivity contribution is -0.115. The van der Waals surface area contributed by atoms with Gasteiger partial charge < -0.3 is 21.1 Å². The van der Waals surface area contributed by atoms with Crippen molar-refractivity contribution in [2.24, 2.45) is 0 Å². The SMILES string of the molecule is CC(=O)C(=N)C1=C(Nc2ccc(CO)cc2)C(=O)N(c2ccc(N)cc2)CC1. The molecule has 0 radical (unpaired) electrons. The number of benzene rings is 2. The zero-order valence-corrected chi connectivity index (χ0v) is 15.5. The number of aliphatic hydroxyl groups is 1. The van der Waals surface area contributed by atoms with E-state index in [9.17, 15) is 14.7 Å². The molecule has 0 atom stereocenters. The van der Waals surface area contributed by atoms with Gasteiger partial charge >= 0.3 is 0 Å². The number of carbonyl (C=O) groups is 2. The molecular weight excluding hydrogens is 356 g/mol. The number of aliphatic hydroxyl groups excluding tert-OH is 1. The maximum atomic E-state index is 13.2. The van der Waals surface area contributed by atoms with Crippen molar-refractivity contribution in [3.63, 3.8) is 0 Å². The van der Waals surface area contributed by atoms with Gasteiger partial charge in [0.15, 0.2) is 5.78 Å². The van der Waals surface area contributed by atoms with E-state index in [1.807, 2.05) is 0 Å². The minimum atomic E-state index is -0.390. The van der Waals surface area contributed by atoms with E-state index in [-0.39, 0.29) is 23.9 Å². The first-order valence-electron chi connectivity index (χ1n) is 8.88. The lowest BCUT2D eigenvalue weighted by Crippen LogP contribution is -2.41. The Hall–Kier alpha value is -3.45. The fourth-order valence-electron chi connectivity index (χ4n) is 3.04. The minimum absolute atomic E-state index is 0.0763. The highest BCUT2D eigenvalue weighted by atomic mass is 16.3. The van der Waals surface area contributed by atoms with Gasteiger partial charge in [0.25, 0.3) is 5.91 Å². The first kappa shape index (κ1) is 19.3. The molecule has 28 heavy (non-hydrogen) atoms. The van der Waals surface area contributed by atoms with E-state index in [1.54, 1.807) is 53.4 Å². The Morgan fingerprint density at radius 3 is 2.39 bits per heavy atom. The van der Waals surface area contributed by atoms with Crippen molar-refractivity contribution in [3.8, 4) is 0 Å². The minimum Gasteiger partial charge on any atom is -0.399 e. The molecule has 144 valence electrons. The number of nitrogens with one attached hydrogen (secondary N) is 2. The molecule has 7 heteroatoms. The number of nitrogen functional groups attached to an aromatic ring is 1. The molecule has 1 aliphatic heterocycles. The van der Waals surface area contributed by atoms with Crippen molar-refractivity contribution in [2.45, 2.75) is 20.0 Å². The van der Waals surface area contributed by atoms with E-state index >= 15 is 0 Å². The molecule has 0 aromatic heterocycles. The second-order valence-corrected chi connectivity index (χ2v) is 6.56. The van der Waals surface area contributed by atoms with E-state index in [2.05, 4.69) is 5.32 Å². The summed E-state index contributed by atoms with van der Waals surface area (Å²) < 4.78 is 0. The van der Waals surface area contributed by atoms with Gasteiger partial charge in [-0.3, -0.25) is 15.0 Å². The maximum Gasteiger partial charge on any atom is 0.275 e. The first-order valence-corrected chi connectivity index (χ1v) is 8.88. The summed E-state index contributed by atoms with van der Waals surface area (Å²) in [5.41, 5.74) is 8.85. The van der Waals surface area contributed by atoms with Crippen LogP contribution in [0.15, 0.2) is 59.8 Å². The van der Waals surface area contributed by atoms with E-state index in [4.69, 9.17) is 11.1 Å². The Morgan fingerprint density at radius 1 is 1.18 bits per heavy atom. The van der Waals surface area contributed by atoms with Crippen LogP contribution in [0.4, 0.5) is 17.1 Å². The standard InChI is InChI=1S/C21H22N4O3/c1-13(27)19(23)18-10-11-25(17-8-4-15(22)5-9-17)21(28)20(18)24-16-6-2-14(12-26)3-7-16/h2-9,23-24,26H,10-12,22H2,1H3. The molecular formula is C21H22N4O3. The molecule has 0 saturated heterocycles. The van der Waals surface area contributed by atoms with Crippen molar-refractivity contribution in [1.29, 1.82) is 5.41 Å². The summed E-state index contributed by atoms with van der Waals surface area (Å²) in [6.07, 6.45) is 0.381. The fraction of sp³-hybridized carbons (Fsp3) is 0.190. The molecule has 3 rings (SSSR count). The van der Waals surface area contributed by atoms with Crippen LogP contribution in [-0.4, -0.2) is 29.1 Å². The molecule has 1 amide bonds. The normalized spacial score (nSPS) is 14.2. The van der Waals surface area contributed by atoms with Crippen LogP contribution in [0.3, 0.4) is 0 Å². The molecule has 1 heterocycles. The monoisotopic (exact) mass is 378 g/mol. The van der Waals surface area contributed by atoms with Gasteiger partial charge in [-0.05, 0) is 48.4 Å². The highest BCUT2D eigenvalue weighted by Gasteiger charge is 2.31. The lowest BCUT2D eigenvalue weighted by atomic mass is 9.96. The van der Waals surface area contributed by atoms with Crippen LogP contribution < -0.4 is 16.0 Å². The summed E-state index contributed by atoms with van der Waals surface area (Å²) in [4.78, 5) is 26.6. The van der Waals surface area contributed by atoms with Crippen molar-refractivity contribution in [3.05, 3.63) is 65.4 Å². The maximum absolute atomic E-state index is 13.2. The van der Waals surface area contributed by atoms with Gasteiger partial charge in [0.05, 0.1) is 6.61 Å². The second-order valence-electron chi connectivity index (χ2n) is 6.56. The Bertz CT molecular complexity index is 947. The highest BCUT2D eigenvalue weighted by Crippen LogP contribution is 2.27. The highest BCUT2D eigenvalue weighted by molar-refractivity contribution is 6.45. The quantitative estimate of drug-likeness (QED) is 0.455. The number of Topliss-reactive ketones (excluding diaryl/α,β-unsaturated/α-hetero) is 1. The topological polar surface area (TPSA) is 120 Å². The van der Waals surface area contributed by atoms with Gasteiger partial charge in [-0.15, -0.1) is 0 Å². The third-order valence-electron chi connectivity index (χ3n) is 4.61. The number of rotatable bonds is 6. The number of amides is 1. The Labute approximate surface area is 163 Å². The fourth-order valence-corrected chi connectivity index (χ4v) is 3.04. The van der Waals surface area contributed by atoms with Crippen LogP contribution in [0, 0.1) is 5.41 Å². The van der Waals surface area contributed by atoms with Crippen LogP contribution in [0.5, 0.6) is 0 Å². The zero-order valence-electron chi connectivity index (χ0n) is 15.5. The summed E-state index contributed by atoms with van der Waals surface area (Å²) in [6.45, 7) is 1.61. The lowest BCUT2D eigenvalue weighted by Gasteiger charge is -2.31. The predicted molar refractivity (Wildman–Crippen MR) is 109 cm³/mol. The molecule has 1 aliphatic rings. The van der Waals surface area contributed by atoms with Gasteiger partial charge in [0, 0.05) is 36.1 Å². The van der Waals surface area contributed by atoms with Crippen molar-refractivity contribution < 1.29 is 14.7 Å². The van der Waals surface area contributed by atoms with Gasteiger partial charge in [0.1, 0.15) is 11.4 Å². The summed E-state index contributed by atoms with van der Waals surface area (Å²) in [5.74, 6) is -0.707. The molecule has 0 fully saturated rings. The van der Waals surface area contributed by atoms with E-state index in [1.165, 1.54) is 6.92 Å². The third kappa shape index (κ3) is 3.94. The predicted octanol–water partition coefficient (Wildman–Crippen LogP) is 2.47. The Balaban J connectivity index is 1.98. The van der Waals surface area contributed by atoms with Crippen LogP contribution in [0.1, 0.15) is 18.9 Å². The molecule has 7 nitrogen and oxygen atoms in total. The molecule has 0 bridgehead atoms. The second kappa shape index (κ2) is 8.06. The molecule has 0 spiro atoms. The van der Waals surface area contributed by atoms with Gasteiger partial charge in [-0.1, -0.05) is 12.1 Å². The average Bonchev–Trinajstić information content (AvgIpc) is 2.70. The number of hydrogen-bond acceptors (Lipinski definition) is 6. The summed E-state index contributed by atoms with van der Waals surface area (Å²) in [7, 11) is 0. The molecule has 0 aliphatic carbocycles. The number of nitrogens with two attached hydrogens (primary N) is 1. The van der Waals surface area contributed by atoms with E-state index in [0.29, 0.717) is 35.6 Å². The van der Waals surface area contributed by atoms with Gasteiger partial charge in [0.2, 0.25) is 0 Å². The number of hydrogen-bond donors (Lipinski definition) is 4. The van der Waals surface area contributed by atoms with Crippen LogP contribution in [0.25, 0.3) is 0 Å². The average molecular weight is 378 g/mol. The molecule has 2 aromatic carbocycles. The van der Waals surface area contributed by atoms with Crippen LogP contribution in [-0.2, 0) is 16.2 Å². The Morgan fingerprint density at radius 2 is 1.82 bits per heavy atom. The molecule has 0 saturated carbocycles. The van der Waals surface area contributed by atoms with Crippen molar-refractivity contribution in [1.82, 2.24) is 0 Å². The molecule has 2 aromatic rings. The van der Waals surface area contributed by atoms with Gasteiger partial charge in [-0.25, -0.2) is 0 Å². The molecule has 0 unspecified atom stereocenters. The van der Waals surface area contributed by atoms with Crippen LogP contribution >= 0.6 is 0 Å². The summed E-state index contributed by atoms with van der Waals surface area (Å²) in [5, 5.41) is 20.4. The summed E-state index contributed by atoms with van der Waals surface area (Å²) >= 11 is 0. The summed E-state index contributed by atoms with van der Waals surface area (Å²) in [6, 6.07) is 13.9. The Kier molecular flexibility index (Phi) is 5.56. The third-order valence-corrected chi connectivity index (χ3v) is 4.61. The van der Waals surface area contributed by atoms with Gasteiger partial charge in [-0.2, -0.15) is 0 Å². The zero-order chi connectivity index (χ0) is 20.3. The van der Waals surface area contributed by atoms with E-state index < -0.39 is 5.78 Å². The number of nitrogens with zero attached hydrogens (tertiary/aromatic N) is 1. The van der Waals surface area contributed by atoms with Crippen LogP contribution in [0.2, 0.25) is 0 Å².